The number of nitrogens with zero attached hydrogens (tertiary/aromatic N) is 1. The van der Waals surface area contributed by atoms with E-state index in [1.165, 1.54) is 25.4 Å². The number of hydrogen-bond acceptors (Lipinski definition) is 3. The van der Waals surface area contributed by atoms with E-state index in [4.69, 9.17) is 0 Å². The molecule has 100 valence electrons. The first-order chi connectivity index (χ1) is 8.91. The van der Waals surface area contributed by atoms with Gasteiger partial charge in [0.25, 0.3) is 0 Å². The van der Waals surface area contributed by atoms with Gasteiger partial charge in [-0.3, -0.25) is 0 Å². The maximum atomic E-state index is 12.6. The van der Waals surface area contributed by atoms with Crippen LogP contribution in [0.5, 0.6) is 0 Å². The summed E-state index contributed by atoms with van der Waals surface area (Å²) in [6.45, 7) is 0. The van der Waals surface area contributed by atoms with E-state index in [9.17, 15) is 18.0 Å². The number of H-pyrrole nitrogens is 1. The lowest BCUT2D eigenvalue weighted by atomic mass is 10.1. The minimum Gasteiger partial charge on any atom is -0.464 e. The topological polar surface area (TPSA) is 55.0 Å². The van der Waals surface area contributed by atoms with Crippen LogP contribution in [-0.2, 0) is 10.9 Å². The first-order valence-electron chi connectivity index (χ1n) is 5.23. The van der Waals surface area contributed by atoms with E-state index >= 15 is 0 Å². The summed E-state index contributed by atoms with van der Waals surface area (Å²) in [5.41, 5.74) is -0.457. The SMILES string of the molecule is COC(=O)c1cnc(-c2cccc(C(F)(F)F)c2)[nH]1. The van der Waals surface area contributed by atoms with Crippen molar-refractivity contribution in [1.29, 1.82) is 0 Å². The third kappa shape index (κ3) is 2.75. The van der Waals surface area contributed by atoms with Crippen LogP contribution in [0.15, 0.2) is 30.5 Å². The van der Waals surface area contributed by atoms with Gasteiger partial charge in [-0.05, 0) is 12.1 Å². The molecule has 0 unspecified atom stereocenters. The first kappa shape index (κ1) is 13.1. The molecule has 0 aliphatic rings. The molecule has 0 bridgehead atoms. The third-order valence-corrected chi connectivity index (χ3v) is 2.44. The number of alkyl halides is 3. The van der Waals surface area contributed by atoms with Gasteiger partial charge in [0.1, 0.15) is 11.5 Å². The average Bonchev–Trinajstić information content (AvgIpc) is 2.86. The van der Waals surface area contributed by atoms with Crippen molar-refractivity contribution in [1.82, 2.24) is 9.97 Å². The molecule has 7 heteroatoms. The lowest BCUT2D eigenvalue weighted by molar-refractivity contribution is -0.137. The van der Waals surface area contributed by atoms with Crippen molar-refractivity contribution in [3.63, 3.8) is 0 Å². The zero-order valence-corrected chi connectivity index (χ0v) is 9.78. The van der Waals surface area contributed by atoms with E-state index in [0.717, 1.165) is 12.1 Å². The van der Waals surface area contributed by atoms with E-state index in [1.54, 1.807) is 0 Å². The number of halogens is 3. The van der Waals surface area contributed by atoms with Crippen molar-refractivity contribution < 1.29 is 22.7 Å². The molecule has 4 nitrogen and oxygen atoms in total. The summed E-state index contributed by atoms with van der Waals surface area (Å²) in [7, 11) is 1.20. The van der Waals surface area contributed by atoms with E-state index < -0.39 is 17.7 Å². The Morgan fingerprint density at radius 1 is 1.37 bits per heavy atom. The molecule has 0 saturated heterocycles. The molecule has 1 heterocycles. The van der Waals surface area contributed by atoms with Crippen LogP contribution in [0.4, 0.5) is 13.2 Å². The second-order valence-corrected chi connectivity index (χ2v) is 3.72. The average molecular weight is 270 g/mol. The zero-order valence-electron chi connectivity index (χ0n) is 9.78. The maximum Gasteiger partial charge on any atom is 0.416 e. The van der Waals surface area contributed by atoms with Crippen LogP contribution in [0, 0.1) is 0 Å². The van der Waals surface area contributed by atoms with E-state index in [2.05, 4.69) is 14.7 Å². The van der Waals surface area contributed by atoms with Gasteiger partial charge < -0.3 is 9.72 Å². The summed E-state index contributed by atoms with van der Waals surface area (Å²) < 4.78 is 42.2. The Morgan fingerprint density at radius 3 is 2.74 bits per heavy atom. The summed E-state index contributed by atoms with van der Waals surface area (Å²) in [4.78, 5) is 17.7. The molecule has 0 radical (unpaired) electrons. The number of ether oxygens (including phenoxy) is 1. The second-order valence-electron chi connectivity index (χ2n) is 3.72. The molecular formula is C12H9F3N2O2. The largest absolute Gasteiger partial charge is 0.464 e. The minimum absolute atomic E-state index is 0.0786. The van der Waals surface area contributed by atoms with Gasteiger partial charge in [-0.15, -0.1) is 0 Å². The van der Waals surface area contributed by atoms with E-state index in [1.807, 2.05) is 0 Å². The Labute approximate surface area is 106 Å². The number of rotatable bonds is 2. The highest BCUT2D eigenvalue weighted by molar-refractivity contribution is 5.87. The standard InChI is InChI=1S/C12H9F3N2O2/c1-19-11(18)9-6-16-10(17-9)7-3-2-4-8(5-7)12(13,14)15/h2-6H,1H3,(H,16,17). The van der Waals surface area contributed by atoms with Crippen LogP contribution in [0.3, 0.4) is 0 Å². The van der Waals surface area contributed by atoms with Crippen molar-refractivity contribution in [2.75, 3.05) is 7.11 Å². The van der Waals surface area contributed by atoms with Gasteiger partial charge in [-0.25, -0.2) is 9.78 Å². The van der Waals surface area contributed by atoms with E-state index in [0.29, 0.717) is 0 Å². The second kappa shape index (κ2) is 4.75. The number of nitrogens with one attached hydrogen (secondary N) is 1. The van der Waals surface area contributed by atoms with Crippen molar-refractivity contribution >= 4 is 5.97 Å². The smallest absolute Gasteiger partial charge is 0.416 e. The summed E-state index contributed by atoms with van der Waals surface area (Å²) in [5.74, 6) is -0.461. The molecular weight excluding hydrogens is 261 g/mol. The van der Waals surface area contributed by atoms with Gasteiger partial charge in [0.15, 0.2) is 0 Å². The molecule has 1 aromatic heterocycles. The Bertz CT molecular complexity index is 605. The number of aromatic nitrogens is 2. The molecule has 0 aliphatic heterocycles. The fraction of sp³-hybridized carbons (Fsp3) is 0.167. The van der Waals surface area contributed by atoms with Crippen molar-refractivity contribution in [3.8, 4) is 11.4 Å². The molecule has 1 aromatic carbocycles. The molecule has 19 heavy (non-hydrogen) atoms. The van der Waals surface area contributed by atoms with Crippen LogP contribution in [-0.4, -0.2) is 23.0 Å². The first-order valence-corrected chi connectivity index (χ1v) is 5.23. The van der Waals surface area contributed by atoms with Gasteiger partial charge in [0.05, 0.1) is 18.9 Å². The van der Waals surface area contributed by atoms with Crippen LogP contribution >= 0.6 is 0 Å². The number of imidazole rings is 1. The normalized spacial score (nSPS) is 11.4. The molecule has 2 rings (SSSR count). The lowest BCUT2D eigenvalue weighted by Crippen LogP contribution is -2.04. The quantitative estimate of drug-likeness (QED) is 0.854. The molecule has 0 fully saturated rings. The fourth-order valence-electron chi connectivity index (χ4n) is 1.52. The Morgan fingerprint density at radius 2 is 2.11 bits per heavy atom. The number of benzene rings is 1. The number of methoxy groups -OCH3 is 1. The van der Waals surface area contributed by atoms with Crippen LogP contribution in [0.1, 0.15) is 16.1 Å². The van der Waals surface area contributed by atoms with E-state index in [-0.39, 0.29) is 17.1 Å². The van der Waals surface area contributed by atoms with Gasteiger partial charge in [0, 0.05) is 5.56 Å². The van der Waals surface area contributed by atoms with Crippen molar-refractivity contribution in [2.24, 2.45) is 0 Å². The molecule has 1 N–H and O–H groups in total. The highest BCUT2D eigenvalue weighted by Crippen LogP contribution is 2.31. The van der Waals surface area contributed by atoms with Gasteiger partial charge in [-0.2, -0.15) is 13.2 Å². The molecule has 2 aromatic rings. The van der Waals surface area contributed by atoms with Crippen LogP contribution in [0.25, 0.3) is 11.4 Å². The van der Waals surface area contributed by atoms with Gasteiger partial charge in [0.2, 0.25) is 0 Å². The molecule has 0 aliphatic carbocycles. The Balaban J connectivity index is 2.37. The Kier molecular flexibility index (Phi) is 3.28. The number of aromatic amines is 1. The molecule has 0 amide bonds. The maximum absolute atomic E-state index is 12.6. The molecule has 0 atom stereocenters. The van der Waals surface area contributed by atoms with Crippen LogP contribution in [0.2, 0.25) is 0 Å². The van der Waals surface area contributed by atoms with Gasteiger partial charge >= 0.3 is 12.1 Å². The highest BCUT2D eigenvalue weighted by atomic mass is 19.4. The monoisotopic (exact) mass is 270 g/mol. The summed E-state index contributed by atoms with van der Waals surface area (Å²) >= 11 is 0. The highest BCUT2D eigenvalue weighted by Gasteiger charge is 2.30. The third-order valence-electron chi connectivity index (χ3n) is 2.44. The van der Waals surface area contributed by atoms with Crippen molar-refractivity contribution in [3.05, 3.63) is 41.7 Å². The predicted molar refractivity (Wildman–Crippen MR) is 60.4 cm³/mol. The fourth-order valence-corrected chi connectivity index (χ4v) is 1.52. The number of esters is 1. The number of hydrogen-bond donors (Lipinski definition) is 1. The summed E-state index contributed by atoms with van der Waals surface area (Å²) in [5, 5.41) is 0. The number of carbonyl (C=O) groups is 1. The molecule has 0 saturated carbocycles. The summed E-state index contributed by atoms with van der Waals surface area (Å²) in [6, 6.07) is 4.67. The minimum atomic E-state index is -4.42. The van der Waals surface area contributed by atoms with Crippen LogP contribution < -0.4 is 0 Å². The zero-order chi connectivity index (χ0) is 14.0. The lowest BCUT2D eigenvalue weighted by Gasteiger charge is -2.07. The number of carbonyl (C=O) groups excluding carboxylic acids is 1. The predicted octanol–water partition coefficient (Wildman–Crippen LogP) is 2.88. The van der Waals surface area contributed by atoms with Gasteiger partial charge in [-0.1, -0.05) is 12.1 Å². The van der Waals surface area contributed by atoms with Crippen molar-refractivity contribution in [2.45, 2.75) is 6.18 Å². The Hall–Kier alpha value is -2.31. The molecule has 0 spiro atoms. The summed E-state index contributed by atoms with van der Waals surface area (Å²) in [6.07, 6.45) is -3.21.